The lowest BCUT2D eigenvalue weighted by atomic mass is 10.0. The largest absolute Gasteiger partial charge is 0.487 e. The standard InChI is InChI=1S/C27H26ClFN4O4/c1-16-14-33(27(36)31-22-5-4-20(28)12-21(22)29)23-6-2-18(11-24(23)37-16)19-3-7-25(30-13-19)32-9-8-17(15-32)10-26(34)35/h2-7,11-13,16-17H,8-10,14-15H2,1H3,(H,31,36)(H,34,35). The van der Waals surface area contributed by atoms with Crippen LogP contribution in [0.2, 0.25) is 5.02 Å². The molecule has 1 aromatic heterocycles. The lowest BCUT2D eigenvalue weighted by molar-refractivity contribution is -0.137. The summed E-state index contributed by atoms with van der Waals surface area (Å²) in [6.07, 6.45) is 2.52. The Bertz CT molecular complexity index is 1340. The molecular weight excluding hydrogens is 499 g/mol. The first-order chi connectivity index (χ1) is 17.8. The molecule has 2 aliphatic rings. The number of ether oxygens (including phenoxy) is 1. The van der Waals surface area contributed by atoms with Crippen molar-refractivity contribution in [2.45, 2.75) is 25.9 Å². The van der Waals surface area contributed by atoms with Gasteiger partial charge in [0.2, 0.25) is 0 Å². The Hall–Kier alpha value is -3.85. The van der Waals surface area contributed by atoms with Gasteiger partial charge < -0.3 is 20.1 Å². The van der Waals surface area contributed by atoms with Crippen LogP contribution in [0.4, 0.5) is 26.4 Å². The van der Waals surface area contributed by atoms with Crippen molar-refractivity contribution in [3.8, 4) is 16.9 Å². The fraction of sp³-hybridized carbons (Fsp3) is 0.296. The summed E-state index contributed by atoms with van der Waals surface area (Å²) in [6, 6.07) is 13.1. The topological polar surface area (TPSA) is 95.0 Å². The number of nitrogens with zero attached hydrogens (tertiary/aromatic N) is 3. The van der Waals surface area contributed by atoms with E-state index in [1.54, 1.807) is 12.3 Å². The molecule has 0 saturated carbocycles. The second-order valence-corrected chi connectivity index (χ2v) is 9.82. The molecule has 5 rings (SSSR count). The number of carboxylic acids is 1. The number of hydrogen-bond acceptors (Lipinski definition) is 5. The van der Waals surface area contributed by atoms with Crippen LogP contribution in [0.15, 0.2) is 54.7 Å². The fourth-order valence-corrected chi connectivity index (χ4v) is 4.94. The number of nitrogens with one attached hydrogen (secondary N) is 1. The van der Waals surface area contributed by atoms with Gasteiger partial charge in [0.15, 0.2) is 0 Å². The zero-order chi connectivity index (χ0) is 26.1. The van der Waals surface area contributed by atoms with Gasteiger partial charge in [-0.2, -0.15) is 0 Å². The SMILES string of the molecule is CC1CN(C(=O)Nc2ccc(Cl)cc2F)c2ccc(-c3ccc(N4CCC(CC(=O)O)C4)nc3)cc2O1. The van der Waals surface area contributed by atoms with Crippen LogP contribution in [0.25, 0.3) is 11.1 Å². The number of amides is 2. The molecule has 192 valence electrons. The maximum atomic E-state index is 14.2. The highest BCUT2D eigenvalue weighted by Gasteiger charge is 2.29. The number of urea groups is 1. The highest BCUT2D eigenvalue weighted by atomic mass is 35.5. The third kappa shape index (κ3) is 5.46. The Morgan fingerprint density at radius 3 is 2.70 bits per heavy atom. The summed E-state index contributed by atoms with van der Waals surface area (Å²) < 4.78 is 20.2. The first-order valence-electron chi connectivity index (χ1n) is 12.0. The molecular formula is C27H26ClFN4O4. The number of fused-ring (bicyclic) bond motifs is 1. The zero-order valence-corrected chi connectivity index (χ0v) is 20.9. The average Bonchev–Trinajstić information content (AvgIpc) is 3.32. The molecule has 0 radical (unpaired) electrons. The van der Waals surface area contributed by atoms with Crippen molar-refractivity contribution in [1.82, 2.24) is 4.98 Å². The van der Waals surface area contributed by atoms with E-state index < -0.39 is 17.8 Å². The molecule has 2 N–H and O–H groups in total. The minimum Gasteiger partial charge on any atom is -0.487 e. The maximum absolute atomic E-state index is 14.2. The Balaban J connectivity index is 1.32. The van der Waals surface area contributed by atoms with Crippen molar-refractivity contribution >= 4 is 40.8 Å². The van der Waals surface area contributed by atoms with Gasteiger partial charge in [-0.05, 0) is 67.3 Å². The molecule has 3 heterocycles. The van der Waals surface area contributed by atoms with E-state index in [4.69, 9.17) is 21.4 Å². The number of halogens is 2. The summed E-state index contributed by atoms with van der Waals surface area (Å²) in [5.41, 5.74) is 2.39. The van der Waals surface area contributed by atoms with Crippen LogP contribution in [0, 0.1) is 11.7 Å². The number of pyridine rings is 1. The van der Waals surface area contributed by atoms with Crippen LogP contribution in [0.3, 0.4) is 0 Å². The van der Waals surface area contributed by atoms with Gasteiger partial charge in [-0.3, -0.25) is 9.69 Å². The van der Waals surface area contributed by atoms with Gasteiger partial charge in [-0.1, -0.05) is 17.7 Å². The summed E-state index contributed by atoms with van der Waals surface area (Å²) in [7, 11) is 0. The number of carboxylic acid groups (broad SMARTS) is 1. The third-order valence-electron chi connectivity index (χ3n) is 6.59. The van der Waals surface area contributed by atoms with Crippen LogP contribution in [0.1, 0.15) is 19.8 Å². The molecule has 10 heteroatoms. The number of carbonyl (C=O) groups is 2. The molecule has 8 nitrogen and oxygen atoms in total. The van der Waals surface area contributed by atoms with Crippen LogP contribution < -0.4 is 19.9 Å². The van der Waals surface area contributed by atoms with Crippen LogP contribution in [-0.2, 0) is 4.79 Å². The normalized spacial score (nSPS) is 18.8. The monoisotopic (exact) mass is 524 g/mol. The molecule has 1 fully saturated rings. The van der Waals surface area contributed by atoms with E-state index in [1.165, 1.54) is 17.0 Å². The number of benzene rings is 2. The van der Waals surface area contributed by atoms with Gasteiger partial charge in [0.1, 0.15) is 23.5 Å². The van der Waals surface area contributed by atoms with E-state index in [1.807, 2.05) is 31.2 Å². The van der Waals surface area contributed by atoms with Crippen molar-refractivity contribution in [3.63, 3.8) is 0 Å². The number of anilines is 3. The quantitative estimate of drug-likeness (QED) is 0.447. The van der Waals surface area contributed by atoms with E-state index in [0.29, 0.717) is 24.5 Å². The van der Waals surface area contributed by atoms with Gasteiger partial charge in [0.05, 0.1) is 17.9 Å². The lowest BCUT2D eigenvalue weighted by Crippen LogP contribution is -2.44. The van der Waals surface area contributed by atoms with Crippen molar-refractivity contribution in [2.24, 2.45) is 5.92 Å². The Morgan fingerprint density at radius 1 is 1.16 bits per heavy atom. The van der Waals surface area contributed by atoms with E-state index in [0.717, 1.165) is 36.0 Å². The predicted octanol–water partition coefficient (Wildman–Crippen LogP) is 5.66. The molecule has 2 aliphatic heterocycles. The minimum absolute atomic E-state index is 0.0464. The van der Waals surface area contributed by atoms with Crippen molar-refractivity contribution in [1.29, 1.82) is 0 Å². The Labute approximate surface area is 218 Å². The highest BCUT2D eigenvalue weighted by Crippen LogP contribution is 2.38. The van der Waals surface area contributed by atoms with Crippen LogP contribution in [0.5, 0.6) is 5.75 Å². The van der Waals surface area contributed by atoms with Gasteiger partial charge in [0.25, 0.3) is 0 Å². The minimum atomic E-state index is -0.771. The Kier molecular flexibility index (Phi) is 6.88. The number of rotatable bonds is 5. The first-order valence-corrected chi connectivity index (χ1v) is 12.4. The summed E-state index contributed by atoms with van der Waals surface area (Å²) in [6.45, 7) is 3.64. The van der Waals surface area contributed by atoms with Gasteiger partial charge in [0, 0.05) is 36.3 Å². The summed E-state index contributed by atoms with van der Waals surface area (Å²) in [5.74, 6) is 0.113. The van der Waals surface area contributed by atoms with Crippen molar-refractivity contribution in [2.75, 3.05) is 34.8 Å². The number of hydrogen-bond donors (Lipinski definition) is 2. The lowest BCUT2D eigenvalue weighted by Gasteiger charge is -2.33. The molecule has 0 spiro atoms. The van der Waals surface area contributed by atoms with Crippen molar-refractivity contribution in [3.05, 3.63) is 65.6 Å². The zero-order valence-electron chi connectivity index (χ0n) is 20.2. The molecule has 1 saturated heterocycles. The summed E-state index contributed by atoms with van der Waals surface area (Å²) >= 11 is 5.81. The first kappa shape index (κ1) is 24.8. The van der Waals surface area contributed by atoms with E-state index in [9.17, 15) is 14.0 Å². The smallest absolute Gasteiger partial charge is 0.326 e. The average molecular weight is 525 g/mol. The van der Waals surface area contributed by atoms with E-state index in [-0.39, 0.29) is 29.2 Å². The van der Waals surface area contributed by atoms with E-state index in [2.05, 4.69) is 15.2 Å². The molecule has 2 amide bonds. The van der Waals surface area contributed by atoms with Crippen molar-refractivity contribution < 1.29 is 23.8 Å². The van der Waals surface area contributed by atoms with Gasteiger partial charge in [-0.15, -0.1) is 0 Å². The number of aromatic nitrogens is 1. The van der Waals surface area contributed by atoms with Gasteiger partial charge >= 0.3 is 12.0 Å². The summed E-state index contributed by atoms with van der Waals surface area (Å²) in [4.78, 5) is 32.3. The fourth-order valence-electron chi connectivity index (χ4n) is 4.78. The highest BCUT2D eigenvalue weighted by molar-refractivity contribution is 6.30. The number of carbonyl (C=O) groups excluding carboxylic acids is 1. The van der Waals surface area contributed by atoms with E-state index >= 15 is 0 Å². The maximum Gasteiger partial charge on any atom is 0.326 e. The van der Waals surface area contributed by atoms with Crippen LogP contribution >= 0.6 is 11.6 Å². The number of aliphatic carboxylic acids is 1. The molecule has 3 aromatic rings. The second-order valence-electron chi connectivity index (χ2n) is 9.38. The molecule has 0 aliphatic carbocycles. The van der Waals surface area contributed by atoms with Gasteiger partial charge in [-0.25, -0.2) is 14.2 Å². The predicted molar refractivity (Wildman–Crippen MR) is 140 cm³/mol. The second kappa shape index (κ2) is 10.3. The third-order valence-corrected chi connectivity index (χ3v) is 6.83. The molecule has 2 atom stereocenters. The Morgan fingerprint density at radius 2 is 1.97 bits per heavy atom. The molecule has 2 unspecified atom stereocenters. The molecule has 37 heavy (non-hydrogen) atoms. The molecule has 2 aromatic carbocycles. The van der Waals surface area contributed by atoms with Crippen LogP contribution in [-0.4, -0.2) is 47.8 Å². The summed E-state index contributed by atoms with van der Waals surface area (Å²) in [5, 5.41) is 11.9. The molecule has 0 bridgehead atoms.